The van der Waals surface area contributed by atoms with Crippen molar-refractivity contribution in [2.45, 2.75) is 58.0 Å². The Morgan fingerprint density at radius 2 is 2.00 bits per heavy atom. The lowest BCUT2D eigenvalue weighted by Crippen LogP contribution is -2.54. The monoisotopic (exact) mass is 195 g/mol. The molecule has 0 aromatic rings. The van der Waals surface area contributed by atoms with Crippen molar-refractivity contribution in [3.05, 3.63) is 0 Å². The smallest absolute Gasteiger partial charge is 0.149 e. The lowest BCUT2D eigenvalue weighted by Gasteiger charge is -2.47. The van der Waals surface area contributed by atoms with Gasteiger partial charge in [0.25, 0.3) is 0 Å². The molecule has 2 aliphatic heterocycles. The summed E-state index contributed by atoms with van der Waals surface area (Å²) in [6, 6.07) is 0.888. The van der Waals surface area contributed by atoms with Crippen LogP contribution in [0.4, 0.5) is 0 Å². The molecule has 0 aromatic carbocycles. The lowest BCUT2D eigenvalue weighted by atomic mass is 9.79. The standard InChI is InChI=1S/C12H21NO/c1-3-12(14)9(2)13-8-10-4-6-11(13)7-5-10/h9-11H,3-8H2,1-2H3. The average molecular weight is 195 g/mol. The molecule has 80 valence electrons. The minimum Gasteiger partial charge on any atom is -0.298 e. The van der Waals surface area contributed by atoms with Gasteiger partial charge in [-0.25, -0.2) is 0 Å². The molecule has 3 aliphatic rings. The minimum absolute atomic E-state index is 0.174. The highest BCUT2D eigenvalue weighted by molar-refractivity contribution is 5.83. The van der Waals surface area contributed by atoms with E-state index < -0.39 is 0 Å². The van der Waals surface area contributed by atoms with E-state index >= 15 is 0 Å². The van der Waals surface area contributed by atoms with Crippen molar-refractivity contribution in [3.8, 4) is 0 Å². The first-order chi connectivity index (χ1) is 6.72. The van der Waals surface area contributed by atoms with Gasteiger partial charge >= 0.3 is 0 Å². The number of Topliss-reactive ketones (excluding diaryl/α,β-unsaturated/α-hetero) is 1. The molecule has 0 aromatic heterocycles. The lowest BCUT2D eigenvalue weighted by molar-refractivity contribution is -0.126. The predicted octanol–water partition coefficient (Wildman–Crippen LogP) is 2.23. The summed E-state index contributed by atoms with van der Waals surface area (Å²) in [7, 11) is 0. The van der Waals surface area contributed by atoms with Crippen LogP contribution in [-0.2, 0) is 4.79 Å². The fourth-order valence-electron chi connectivity index (χ4n) is 3.06. The van der Waals surface area contributed by atoms with Gasteiger partial charge in [0.1, 0.15) is 5.78 Å². The van der Waals surface area contributed by atoms with Gasteiger partial charge in [0.2, 0.25) is 0 Å². The van der Waals surface area contributed by atoms with Crippen LogP contribution >= 0.6 is 0 Å². The first-order valence-corrected chi connectivity index (χ1v) is 6.00. The summed E-state index contributed by atoms with van der Waals surface area (Å²) in [5.74, 6) is 1.30. The molecule has 1 atom stereocenters. The largest absolute Gasteiger partial charge is 0.298 e. The van der Waals surface area contributed by atoms with Crippen molar-refractivity contribution in [1.29, 1.82) is 0 Å². The van der Waals surface area contributed by atoms with Crippen molar-refractivity contribution >= 4 is 5.78 Å². The van der Waals surface area contributed by atoms with Gasteiger partial charge in [-0.1, -0.05) is 6.92 Å². The van der Waals surface area contributed by atoms with Gasteiger partial charge in [-0.05, 0) is 38.5 Å². The fraction of sp³-hybridized carbons (Fsp3) is 0.917. The van der Waals surface area contributed by atoms with E-state index in [-0.39, 0.29) is 6.04 Å². The van der Waals surface area contributed by atoms with Crippen LogP contribution in [0, 0.1) is 5.92 Å². The van der Waals surface area contributed by atoms with E-state index in [1.165, 1.54) is 32.2 Å². The highest BCUT2D eigenvalue weighted by atomic mass is 16.1. The van der Waals surface area contributed by atoms with Crippen molar-refractivity contribution in [3.63, 3.8) is 0 Å². The van der Waals surface area contributed by atoms with Crippen LogP contribution in [-0.4, -0.2) is 29.3 Å². The molecular weight excluding hydrogens is 174 g/mol. The molecule has 0 amide bonds. The molecule has 0 N–H and O–H groups in total. The molecule has 3 rings (SSSR count). The molecule has 2 heterocycles. The van der Waals surface area contributed by atoms with Gasteiger partial charge < -0.3 is 0 Å². The van der Waals surface area contributed by atoms with Gasteiger partial charge in [-0.2, -0.15) is 0 Å². The summed E-state index contributed by atoms with van der Waals surface area (Å²) in [6.07, 6.45) is 6.13. The maximum Gasteiger partial charge on any atom is 0.149 e. The van der Waals surface area contributed by atoms with Crippen LogP contribution in [0.1, 0.15) is 46.0 Å². The third-order valence-corrected chi connectivity index (χ3v) is 4.07. The Balaban J connectivity index is 2.01. The summed E-state index contributed by atoms with van der Waals surface area (Å²) >= 11 is 0. The predicted molar refractivity (Wildman–Crippen MR) is 57.2 cm³/mol. The molecule has 2 heteroatoms. The summed E-state index contributed by atoms with van der Waals surface area (Å²) in [4.78, 5) is 14.1. The Hall–Kier alpha value is -0.370. The van der Waals surface area contributed by atoms with Crippen LogP contribution in [0.15, 0.2) is 0 Å². The zero-order chi connectivity index (χ0) is 10.1. The third kappa shape index (κ3) is 1.72. The zero-order valence-electron chi connectivity index (χ0n) is 9.33. The zero-order valence-corrected chi connectivity index (χ0v) is 9.33. The number of rotatable bonds is 3. The first kappa shape index (κ1) is 10.2. The van der Waals surface area contributed by atoms with Gasteiger partial charge in [-0.15, -0.1) is 0 Å². The SMILES string of the molecule is CCC(=O)C(C)N1CC2CCC1CC2. The van der Waals surface area contributed by atoms with Crippen LogP contribution in [0.2, 0.25) is 0 Å². The Labute approximate surface area is 86.7 Å². The molecule has 2 saturated heterocycles. The molecule has 1 unspecified atom stereocenters. The quantitative estimate of drug-likeness (QED) is 0.688. The van der Waals surface area contributed by atoms with Crippen molar-refractivity contribution in [1.82, 2.24) is 4.90 Å². The number of hydrogen-bond acceptors (Lipinski definition) is 2. The van der Waals surface area contributed by atoms with Gasteiger partial charge in [0, 0.05) is 19.0 Å². The van der Waals surface area contributed by atoms with E-state index in [1.807, 2.05) is 6.92 Å². The van der Waals surface area contributed by atoms with Crippen LogP contribution < -0.4 is 0 Å². The number of piperidine rings is 2. The van der Waals surface area contributed by atoms with Crippen LogP contribution in [0.5, 0.6) is 0 Å². The number of ketones is 1. The van der Waals surface area contributed by atoms with E-state index in [4.69, 9.17) is 0 Å². The summed E-state index contributed by atoms with van der Waals surface area (Å²) < 4.78 is 0. The molecule has 14 heavy (non-hydrogen) atoms. The number of fused-ring (bicyclic) bond motifs is 3. The Morgan fingerprint density at radius 3 is 2.43 bits per heavy atom. The Morgan fingerprint density at radius 1 is 1.36 bits per heavy atom. The van der Waals surface area contributed by atoms with Crippen LogP contribution in [0.25, 0.3) is 0 Å². The Kier molecular flexibility index (Phi) is 2.91. The van der Waals surface area contributed by atoms with Crippen molar-refractivity contribution in [2.24, 2.45) is 5.92 Å². The maximum absolute atomic E-state index is 11.6. The van der Waals surface area contributed by atoms with Crippen molar-refractivity contribution < 1.29 is 4.79 Å². The maximum atomic E-state index is 11.6. The molecular formula is C12H21NO. The molecule has 1 aliphatic carbocycles. The average Bonchev–Trinajstić information content (AvgIpc) is 2.28. The van der Waals surface area contributed by atoms with Gasteiger partial charge in [0.05, 0.1) is 6.04 Å². The molecule has 3 fully saturated rings. The summed E-state index contributed by atoms with van der Waals surface area (Å²) in [5.41, 5.74) is 0. The second kappa shape index (κ2) is 4.01. The number of carbonyl (C=O) groups is 1. The molecule has 2 bridgehead atoms. The second-order valence-corrected chi connectivity index (χ2v) is 4.87. The summed E-state index contributed by atoms with van der Waals surface area (Å²) in [5, 5.41) is 0. The molecule has 0 radical (unpaired) electrons. The second-order valence-electron chi connectivity index (χ2n) is 4.87. The minimum atomic E-state index is 0.174. The van der Waals surface area contributed by atoms with Gasteiger partial charge in [0.15, 0.2) is 0 Å². The van der Waals surface area contributed by atoms with E-state index in [1.54, 1.807) is 0 Å². The highest BCUT2D eigenvalue weighted by Gasteiger charge is 2.37. The highest BCUT2D eigenvalue weighted by Crippen LogP contribution is 2.36. The Bertz CT molecular complexity index is 218. The summed E-state index contributed by atoms with van der Waals surface area (Å²) in [6.45, 7) is 5.24. The van der Waals surface area contributed by atoms with E-state index in [9.17, 15) is 4.79 Å². The number of nitrogens with zero attached hydrogens (tertiary/aromatic N) is 1. The number of carbonyl (C=O) groups excluding carboxylic acids is 1. The first-order valence-electron chi connectivity index (χ1n) is 6.00. The van der Waals surface area contributed by atoms with Crippen molar-refractivity contribution in [2.75, 3.05) is 6.54 Å². The van der Waals surface area contributed by atoms with Crippen LogP contribution in [0.3, 0.4) is 0 Å². The van der Waals surface area contributed by atoms with Gasteiger partial charge in [-0.3, -0.25) is 9.69 Å². The van der Waals surface area contributed by atoms with E-state index in [2.05, 4.69) is 11.8 Å². The third-order valence-electron chi connectivity index (χ3n) is 4.07. The normalized spacial score (nSPS) is 34.4. The van der Waals surface area contributed by atoms with E-state index in [0.29, 0.717) is 18.2 Å². The number of hydrogen-bond donors (Lipinski definition) is 0. The van der Waals surface area contributed by atoms with E-state index in [0.717, 1.165) is 5.92 Å². The molecule has 0 spiro atoms. The molecule has 2 nitrogen and oxygen atoms in total. The fourth-order valence-corrected chi connectivity index (χ4v) is 3.06. The topological polar surface area (TPSA) is 20.3 Å². The molecule has 1 saturated carbocycles.